The summed E-state index contributed by atoms with van der Waals surface area (Å²) in [6.45, 7) is 3.10. The molecule has 0 aliphatic heterocycles. The van der Waals surface area contributed by atoms with E-state index in [9.17, 15) is 68.4 Å². The van der Waals surface area contributed by atoms with Crippen LogP contribution in [-0.4, -0.2) is 130 Å². The van der Waals surface area contributed by atoms with E-state index in [0.29, 0.717) is 30.5 Å². The number of hydrogen-bond acceptors (Lipinski definition) is 35. The number of carboxylic acid groups (broad SMARTS) is 2. The van der Waals surface area contributed by atoms with Crippen LogP contribution in [0.15, 0.2) is 384 Å². The molecule has 15 aromatic rings. The zero-order valence-corrected chi connectivity index (χ0v) is 84.9. The SMILES string of the molecule is C.COC(=O)c1c(OCc2ccccc2)c(=O)ccn1CC(O)CO.Cc1occc(=O)c1O.Cc1occc(=O)c1OCc1ccccc1.NCC(O)CO.O=C(O)c1c(OCc2ccccc2)c(=O)ccn1CC(O)CO.O=C(O)c1occc(=O)c1OCc1ccccc1.O=c1ccoc(/C=C/c2ccccc2)c1OCc1ccccc1.O=c1ccoc(CC(O)c2ccccc2)c1OCc1ccccc1.[Na+].[O-][I+3]([O-])([O-])[O-]. The monoisotopic (exact) mass is 2190 g/mol. The van der Waals surface area contributed by atoms with Crippen LogP contribution in [-0.2, 0) is 63.9 Å². The fraction of sp³-hybridized carbons (Fsp3) is 0.193. The van der Waals surface area contributed by atoms with Crippen molar-refractivity contribution in [3.05, 3.63) is 485 Å². The summed E-state index contributed by atoms with van der Waals surface area (Å²) in [6, 6.07) is 84.0. The first-order chi connectivity index (χ1) is 71.1. The average Bonchev–Trinajstić information content (AvgIpc) is 0.807. The number of aliphatic hydroxyl groups excluding tert-OH is 7. The van der Waals surface area contributed by atoms with Gasteiger partial charge in [0.2, 0.25) is 66.7 Å². The third-order valence-corrected chi connectivity index (χ3v) is 19.5. The largest absolute Gasteiger partial charge is 1.00 e. The summed E-state index contributed by atoms with van der Waals surface area (Å²) in [7, 11) is 1.19. The van der Waals surface area contributed by atoms with Crippen molar-refractivity contribution >= 4 is 30.1 Å². The first kappa shape index (κ1) is 125. The van der Waals surface area contributed by atoms with Gasteiger partial charge in [0.25, 0.3) is 5.76 Å². The molecule has 4 atom stereocenters. The fourth-order valence-electron chi connectivity index (χ4n) is 12.2. The quantitative estimate of drug-likeness (QED) is 0.0156. The molecule has 0 saturated heterocycles. The zero-order chi connectivity index (χ0) is 108. The normalized spacial score (nSPS) is 11.1. The molecule has 0 radical (unpaired) electrons. The van der Waals surface area contributed by atoms with Gasteiger partial charge in [0.1, 0.15) is 71.3 Å². The Morgan fingerprint density at radius 1 is 0.380 bits per heavy atom. The number of halogens is 1. The third-order valence-electron chi connectivity index (χ3n) is 19.5. The molecule has 0 aliphatic carbocycles. The first-order valence-corrected chi connectivity index (χ1v) is 48.0. The van der Waals surface area contributed by atoms with Crippen LogP contribution in [0.5, 0.6) is 40.2 Å². The summed E-state index contributed by atoms with van der Waals surface area (Å²) in [6.07, 6.45) is 9.02. The maximum Gasteiger partial charge on any atom is 1.00 e. The number of carboxylic acids is 2. The van der Waals surface area contributed by atoms with Gasteiger partial charge in [-0.25, -0.2) is 14.4 Å². The second kappa shape index (κ2) is 68.0. The molecule has 41 heteroatoms. The van der Waals surface area contributed by atoms with Crippen LogP contribution in [0, 0.1) is 13.8 Å². The molecule has 8 aromatic carbocycles. The number of aromatic carboxylic acids is 2. The van der Waals surface area contributed by atoms with Gasteiger partial charge in [-0.3, -0.25) is 47.3 Å². The molecule has 7 aromatic heterocycles. The maximum absolute atomic E-state index is 12.1. The zero-order valence-electron chi connectivity index (χ0n) is 80.8. The van der Waals surface area contributed by atoms with Crippen molar-refractivity contribution in [1.29, 1.82) is 0 Å². The number of pyridine rings is 2. The van der Waals surface area contributed by atoms with Gasteiger partial charge in [-0.15, -0.1) is 0 Å². The summed E-state index contributed by atoms with van der Waals surface area (Å²) in [5.74, 6) is -2.81. The Bertz CT molecular complexity index is 6990. The van der Waals surface area contributed by atoms with Gasteiger partial charge in [-0.2, -0.15) is 0 Å². The number of nitrogens with zero attached hydrogens (tertiary/aromatic N) is 2. The summed E-state index contributed by atoms with van der Waals surface area (Å²) >= 11 is -5.94. The molecule has 12 N–H and O–H groups in total. The van der Waals surface area contributed by atoms with Gasteiger partial charge in [0.15, 0.2) is 34.4 Å². The van der Waals surface area contributed by atoms with E-state index in [1.807, 2.05) is 224 Å². The molecule has 0 bridgehead atoms. The number of benzene rings is 8. The van der Waals surface area contributed by atoms with E-state index in [-0.39, 0.29) is 170 Å². The first-order valence-electron chi connectivity index (χ1n) is 44.5. The Morgan fingerprint density at radius 2 is 0.693 bits per heavy atom. The number of carbonyl (C=O) groups is 3. The van der Waals surface area contributed by atoms with Gasteiger partial charge in [0, 0.05) is 67.8 Å². The van der Waals surface area contributed by atoms with Crippen LogP contribution in [0.25, 0.3) is 12.2 Å². The van der Waals surface area contributed by atoms with Crippen LogP contribution in [0.3, 0.4) is 0 Å². The van der Waals surface area contributed by atoms with E-state index < -0.39 is 103 Å². The van der Waals surface area contributed by atoms with Crippen molar-refractivity contribution in [1.82, 2.24) is 9.13 Å². The Morgan fingerprint density at radius 3 is 1.06 bits per heavy atom. The minimum atomic E-state index is -5.94. The van der Waals surface area contributed by atoms with Crippen molar-refractivity contribution in [3.8, 4) is 40.2 Å². The second-order valence-electron chi connectivity index (χ2n) is 30.6. The summed E-state index contributed by atoms with van der Waals surface area (Å²) < 4.78 is 100. The van der Waals surface area contributed by atoms with Crippen LogP contribution >= 0.6 is 0 Å². The van der Waals surface area contributed by atoms with E-state index >= 15 is 0 Å². The summed E-state index contributed by atoms with van der Waals surface area (Å²) in [5.41, 5.74) is 9.05. The standard InChI is InChI=1S/C20H18O4.C20H16O3.C17H19NO6.C16H17NO6.C13H10O5.C13H12O3.C6H6O3.C3H9NO2.CH4.IO4.Na/c21-17-11-12-23-19(13-18(22)16-9-5-2-6-10-16)20(17)24-14-15-7-3-1-4-8-15;21-18-13-14-22-19(12-11-16-7-3-1-4-8-16)20(18)23-15-17-9-5-2-6-10-17;1-23-17(22)15-16(24-11-12-5-3-2-4-6-12)14(21)7-8-18(15)9-13(20)10-19;18-9-12(19)8-17-7-6-13(20)15(14(17)16(21)22)23-10-11-4-2-1-3-5-11;14-10-6-7-17-12(13(15)16)11(10)18-8-9-4-2-1-3-5-9;1-10-13(12(14)7-8-15-10)16-9-11-5-3-2-4-6-11;1-4-6(8)5(7)2-3-9-4;4-1-3(6)2-5;;2-1(3,4)5;/h1-12,18,22H,13-14H2;1-14H,15H2;2-8,13,19-20H,9-11H2,1H3;1-7,12,18-19H,8-10H2,(H,21,22);1-7H,8H2,(H,15,16);2-8H,9H2,1H3;2-3,8H,1H3;3,5-6H,1-2,4H2;1H4;;/q;;;;;;;;;-1;+1/b;12-11+;;;;;;;;;. The van der Waals surface area contributed by atoms with E-state index in [0.717, 1.165) is 62.9 Å². The number of nitrogens with two attached hydrogens (primary N) is 1. The number of ether oxygens (including phenoxy) is 7. The summed E-state index contributed by atoms with van der Waals surface area (Å²) in [5, 5.41) is 90.7. The van der Waals surface area contributed by atoms with E-state index in [1.165, 1.54) is 90.9 Å². The molecule has 150 heavy (non-hydrogen) atoms. The fourth-order valence-corrected chi connectivity index (χ4v) is 12.2. The minimum Gasteiger partial charge on any atom is -0.502 e. The Labute approximate surface area is 886 Å². The number of aromatic nitrogens is 2. The number of methoxy groups -OCH3 is 1. The van der Waals surface area contributed by atoms with Gasteiger partial charge in [-0.05, 0) is 64.4 Å². The van der Waals surface area contributed by atoms with Crippen LogP contribution < -0.4 is 136 Å². The van der Waals surface area contributed by atoms with Crippen molar-refractivity contribution < 1.29 is 184 Å². The molecular formula is C109H111IN3NaO36. The van der Waals surface area contributed by atoms with Crippen molar-refractivity contribution in [3.63, 3.8) is 0 Å². The molecule has 7 heterocycles. The van der Waals surface area contributed by atoms with E-state index in [4.69, 9.17) is 101 Å². The van der Waals surface area contributed by atoms with E-state index in [1.54, 1.807) is 37.3 Å². The predicted octanol–water partition coefficient (Wildman–Crippen LogP) is 2.21. The smallest absolute Gasteiger partial charge is 0.502 e. The van der Waals surface area contributed by atoms with Crippen molar-refractivity contribution in [2.24, 2.45) is 5.73 Å². The van der Waals surface area contributed by atoms with Crippen molar-refractivity contribution in [2.45, 2.75) is 105 Å². The van der Waals surface area contributed by atoms with Crippen molar-refractivity contribution in [2.75, 3.05) is 33.5 Å². The average molecular weight is 2190 g/mol. The molecule has 0 aliphatic rings. The van der Waals surface area contributed by atoms with Crippen LogP contribution in [0.1, 0.15) is 113 Å². The number of aromatic hydroxyl groups is 1. The Kier molecular flexibility index (Phi) is 56.6. The van der Waals surface area contributed by atoms with Gasteiger partial charge in [0.05, 0.1) is 95.8 Å². The Hall–Kier alpha value is -15.6. The topological polar surface area (TPSA) is 631 Å². The molecule has 39 nitrogen and oxygen atoms in total. The van der Waals surface area contributed by atoms with Gasteiger partial charge in [-0.1, -0.05) is 256 Å². The van der Waals surface area contributed by atoms with Crippen LogP contribution in [0.4, 0.5) is 0 Å². The number of rotatable bonds is 34. The third kappa shape index (κ3) is 45.0. The number of carbonyl (C=O) groups excluding carboxylic acids is 1. The second-order valence-corrected chi connectivity index (χ2v) is 32.7. The van der Waals surface area contributed by atoms with E-state index in [2.05, 4.69) is 4.42 Å². The molecule has 15 rings (SSSR count). The molecule has 0 spiro atoms. The summed E-state index contributed by atoms with van der Waals surface area (Å²) in [4.78, 5) is 116. The molecule has 4 unspecified atom stereocenters. The molecule has 786 valence electrons. The van der Waals surface area contributed by atoms with Gasteiger partial charge >= 0.3 is 47.5 Å². The minimum absolute atomic E-state index is 0. The Balaban J connectivity index is 0.000000305. The molecule has 0 fully saturated rings. The maximum atomic E-state index is 12.1. The molecular weight excluding hydrogens is 2080 g/mol. The van der Waals surface area contributed by atoms with Crippen LogP contribution in [0.2, 0.25) is 0 Å². The number of esters is 1. The number of aryl methyl sites for hydroxylation is 2. The predicted molar refractivity (Wildman–Crippen MR) is 533 cm³/mol. The van der Waals surface area contributed by atoms with Gasteiger partial charge < -0.3 is 121 Å². The molecule has 0 saturated carbocycles. The molecule has 0 amide bonds. The number of hydrogen-bond donors (Lipinski definition) is 11. The number of aliphatic hydroxyl groups is 7.